The van der Waals surface area contributed by atoms with E-state index in [1.807, 2.05) is 13.8 Å². The van der Waals surface area contributed by atoms with Crippen LogP contribution in [0.15, 0.2) is 0 Å². The minimum absolute atomic E-state index is 0.141. The molecule has 2 aliphatic rings. The van der Waals surface area contributed by atoms with Gasteiger partial charge in [0.2, 0.25) is 10.0 Å². The summed E-state index contributed by atoms with van der Waals surface area (Å²) in [6, 6.07) is 0.534. The summed E-state index contributed by atoms with van der Waals surface area (Å²) >= 11 is 0. The Morgan fingerprint density at radius 2 is 1.63 bits per heavy atom. The van der Waals surface area contributed by atoms with Gasteiger partial charge in [0, 0.05) is 24.4 Å². The molecule has 0 atom stereocenters. The molecule has 2 rings (SSSR count). The van der Waals surface area contributed by atoms with Crippen molar-refractivity contribution in [3.8, 4) is 0 Å². The molecule has 158 valence electrons. The average Bonchev–Trinajstić information content (AvgIpc) is 2.67. The molecular formula is C21H40N2O3S. The van der Waals surface area contributed by atoms with Crippen molar-refractivity contribution in [1.82, 2.24) is 9.62 Å². The fourth-order valence-electron chi connectivity index (χ4n) is 4.63. The highest BCUT2D eigenvalue weighted by Crippen LogP contribution is 2.31. The summed E-state index contributed by atoms with van der Waals surface area (Å²) in [4.78, 5) is 14.7. The van der Waals surface area contributed by atoms with Crippen molar-refractivity contribution >= 4 is 15.8 Å². The largest absolute Gasteiger partial charge is 0.300 e. The molecule has 0 bridgehead atoms. The Bertz CT molecular complexity index is 546. The van der Waals surface area contributed by atoms with Crippen LogP contribution in [0.25, 0.3) is 0 Å². The van der Waals surface area contributed by atoms with Crippen molar-refractivity contribution in [3.05, 3.63) is 0 Å². The first-order chi connectivity index (χ1) is 12.8. The number of ketones is 1. The van der Waals surface area contributed by atoms with Crippen LogP contribution in [-0.2, 0) is 14.8 Å². The molecular weight excluding hydrogens is 360 g/mol. The van der Waals surface area contributed by atoms with Gasteiger partial charge in [-0.15, -0.1) is 0 Å². The molecule has 1 saturated carbocycles. The summed E-state index contributed by atoms with van der Waals surface area (Å²) in [6.45, 7) is 8.47. The zero-order valence-electron chi connectivity index (χ0n) is 17.6. The Labute approximate surface area is 166 Å². The maximum absolute atomic E-state index is 12.5. The van der Waals surface area contributed by atoms with Gasteiger partial charge in [0.05, 0.1) is 5.25 Å². The lowest BCUT2D eigenvalue weighted by Gasteiger charge is -2.40. The van der Waals surface area contributed by atoms with Crippen molar-refractivity contribution in [1.29, 1.82) is 0 Å². The van der Waals surface area contributed by atoms with E-state index in [2.05, 4.69) is 16.5 Å². The molecule has 0 unspecified atom stereocenters. The maximum Gasteiger partial charge on any atom is 0.214 e. The minimum atomic E-state index is -3.18. The van der Waals surface area contributed by atoms with Crippen molar-refractivity contribution in [2.45, 2.75) is 96.3 Å². The molecule has 6 heteroatoms. The molecule has 0 spiro atoms. The first-order valence-corrected chi connectivity index (χ1v) is 12.7. The summed E-state index contributed by atoms with van der Waals surface area (Å²) < 4.78 is 27.9. The molecule has 0 aromatic rings. The molecule has 1 heterocycles. The lowest BCUT2D eigenvalue weighted by molar-refractivity contribution is -0.127. The van der Waals surface area contributed by atoms with Gasteiger partial charge in [0.1, 0.15) is 5.78 Å². The minimum Gasteiger partial charge on any atom is -0.300 e. The second kappa shape index (κ2) is 10.9. The number of Topliss-reactive ketones (excluding diaryl/α,β-unsaturated/α-hetero) is 1. The van der Waals surface area contributed by atoms with Crippen LogP contribution in [0.1, 0.15) is 85.0 Å². The number of hydrogen-bond donors (Lipinski definition) is 1. The molecule has 0 aromatic heterocycles. The standard InChI is InChI=1S/C21H40N2O3S/c1-4-5-6-7-14-22-27(25,26)20-12-15-23(16-13-20)19-10-8-18(9-11-19)21(24)17(2)3/h17-20,22H,4-16H2,1-3H3. The second-order valence-electron chi connectivity index (χ2n) is 8.80. The van der Waals surface area contributed by atoms with E-state index in [0.29, 0.717) is 18.4 Å². The van der Waals surface area contributed by atoms with E-state index in [1.165, 1.54) is 12.8 Å². The number of piperidine rings is 1. The highest BCUT2D eigenvalue weighted by atomic mass is 32.2. The van der Waals surface area contributed by atoms with Gasteiger partial charge in [-0.2, -0.15) is 0 Å². The van der Waals surface area contributed by atoms with Crippen LogP contribution in [-0.4, -0.2) is 50.0 Å². The van der Waals surface area contributed by atoms with Gasteiger partial charge in [-0.3, -0.25) is 4.79 Å². The van der Waals surface area contributed by atoms with Gasteiger partial charge in [0.15, 0.2) is 0 Å². The number of nitrogens with zero attached hydrogens (tertiary/aromatic N) is 1. The van der Waals surface area contributed by atoms with Crippen LogP contribution in [0.4, 0.5) is 0 Å². The Kier molecular flexibility index (Phi) is 9.23. The van der Waals surface area contributed by atoms with E-state index < -0.39 is 10.0 Å². The summed E-state index contributed by atoms with van der Waals surface area (Å²) in [5.74, 6) is 0.807. The average molecular weight is 401 g/mol. The summed E-state index contributed by atoms with van der Waals surface area (Å²) in [7, 11) is -3.18. The zero-order valence-corrected chi connectivity index (χ0v) is 18.4. The predicted octanol–water partition coefficient (Wildman–Crippen LogP) is 3.73. The number of hydrogen-bond acceptors (Lipinski definition) is 4. The topological polar surface area (TPSA) is 66.5 Å². The first-order valence-electron chi connectivity index (χ1n) is 11.1. The Balaban J connectivity index is 1.71. The molecule has 0 amide bonds. The Morgan fingerprint density at radius 1 is 1.00 bits per heavy atom. The monoisotopic (exact) mass is 400 g/mol. The van der Waals surface area contributed by atoms with E-state index in [4.69, 9.17) is 0 Å². The Hall–Kier alpha value is -0.460. The molecule has 0 aromatic carbocycles. The van der Waals surface area contributed by atoms with Crippen LogP contribution in [0, 0.1) is 11.8 Å². The normalized spacial score (nSPS) is 25.8. The predicted molar refractivity (Wildman–Crippen MR) is 111 cm³/mol. The fraction of sp³-hybridized carbons (Fsp3) is 0.952. The van der Waals surface area contributed by atoms with Crippen LogP contribution in [0.5, 0.6) is 0 Å². The van der Waals surface area contributed by atoms with E-state index in [0.717, 1.165) is 64.5 Å². The molecule has 27 heavy (non-hydrogen) atoms. The van der Waals surface area contributed by atoms with Crippen LogP contribution in [0.2, 0.25) is 0 Å². The number of rotatable bonds is 10. The summed E-state index contributed by atoms with van der Waals surface area (Å²) in [5.41, 5.74) is 0. The smallest absolute Gasteiger partial charge is 0.214 e. The van der Waals surface area contributed by atoms with Gasteiger partial charge < -0.3 is 4.90 Å². The number of unbranched alkanes of at least 4 members (excludes halogenated alkanes) is 3. The lowest BCUT2D eigenvalue weighted by Crippen LogP contribution is -2.48. The second-order valence-corrected chi connectivity index (χ2v) is 10.8. The van der Waals surface area contributed by atoms with Crippen molar-refractivity contribution in [2.24, 2.45) is 11.8 Å². The van der Waals surface area contributed by atoms with E-state index in [1.54, 1.807) is 0 Å². The first kappa shape index (κ1) is 22.8. The van der Waals surface area contributed by atoms with Gasteiger partial charge in [0.25, 0.3) is 0 Å². The van der Waals surface area contributed by atoms with Gasteiger partial charge >= 0.3 is 0 Å². The Morgan fingerprint density at radius 3 is 2.19 bits per heavy atom. The molecule has 1 aliphatic heterocycles. The third-order valence-electron chi connectivity index (χ3n) is 6.43. The molecule has 1 N–H and O–H groups in total. The molecule has 1 aliphatic carbocycles. The lowest BCUT2D eigenvalue weighted by atomic mass is 9.80. The molecule has 0 radical (unpaired) electrons. The quantitative estimate of drug-likeness (QED) is 0.567. The maximum atomic E-state index is 12.5. The summed E-state index contributed by atoms with van der Waals surface area (Å²) in [5, 5.41) is -0.237. The van der Waals surface area contributed by atoms with Gasteiger partial charge in [-0.05, 0) is 58.0 Å². The SMILES string of the molecule is CCCCCCNS(=O)(=O)C1CCN(C2CCC(C(=O)C(C)C)CC2)CC1. The van der Waals surface area contributed by atoms with Crippen LogP contribution >= 0.6 is 0 Å². The molecule has 2 fully saturated rings. The van der Waals surface area contributed by atoms with E-state index in [-0.39, 0.29) is 17.1 Å². The van der Waals surface area contributed by atoms with Gasteiger partial charge in [-0.25, -0.2) is 13.1 Å². The zero-order chi connectivity index (χ0) is 19.9. The number of carbonyl (C=O) groups excluding carboxylic acids is 1. The summed E-state index contributed by atoms with van der Waals surface area (Å²) in [6.07, 6.45) is 9.99. The van der Waals surface area contributed by atoms with E-state index in [9.17, 15) is 13.2 Å². The van der Waals surface area contributed by atoms with E-state index >= 15 is 0 Å². The number of carbonyl (C=O) groups is 1. The third kappa shape index (κ3) is 6.82. The number of sulfonamides is 1. The third-order valence-corrected chi connectivity index (χ3v) is 8.39. The molecule has 1 saturated heterocycles. The number of nitrogens with one attached hydrogen (secondary N) is 1. The van der Waals surface area contributed by atoms with Gasteiger partial charge in [-0.1, -0.05) is 40.0 Å². The van der Waals surface area contributed by atoms with Crippen molar-refractivity contribution < 1.29 is 13.2 Å². The highest BCUT2D eigenvalue weighted by molar-refractivity contribution is 7.90. The van der Waals surface area contributed by atoms with Crippen LogP contribution < -0.4 is 4.72 Å². The van der Waals surface area contributed by atoms with Crippen molar-refractivity contribution in [3.63, 3.8) is 0 Å². The number of likely N-dealkylation sites (tertiary alicyclic amines) is 1. The van der Waals surface area contributed by atoms with Crippen LogP contribution in [0.3, 0.4) is 0 Å². The fourth-order valence-corrected chi connectivity index (χ4v) is 6.13. The highest BCUT2D eigenvalue weighted by Gasteiger charge is 2.35. The molecule has 5 nitrogen and oxygen atoms in total. The van der Waals surface area contributed by atoms with Crippen molar-refractivity contribution in [2.75, 3.05) is 19.6 Å².